The predicted octanol–water partition coefficient (Wildman–Crippen LogP) is 21.5. The number of halogens is 3. The van der Waals surface area contributed by atoms with Crippen LogP contribution in [-0.4, -0.2) is 92.5 Å². The van der Waals surface area contributed by atoms with E-state index in [1.165, 1.54) is 55.6 Å². The molecule has 4 unspecified atom stereocenters. The Hall–Kier alpha value is -16.2. The van der Waals surface area contributed by atoms with Gasteiger partial charge >= 0.3 is 12.1 Å². The van der Waals surface area contributed by atoms with Gasteiger partial charge in [-0.3, -0.25) is 40.8 Å². The van der Waals surface area contributed by atoms with Crippen molar-refractivity contribution in [2.45, 2.75) is 157 Å². The van der Waals surface area contributed by atoms with E-state index in [0.717, 1.165) is 102 Å². The second kappa shape index (κ2) is 46.5. The normalized spacial score (nSPS) is 12.7. The fraction of sp³-hybridized carbons (Fsp3) is 0.240. The molecule has 1 saturated carbocycles. The van der Waals surface area contributed by atoms with Crippen LogP contribution in [0.15, 0.2) is 352 Å². The summed E-state index contributed by atoms with van der Waals surface area (Å²) in [4.78, 5) is 49.9. The van der Waals surface area contributed by atoms with E-state index in [2.05, 4.69) is 267 Å². The number of nitrogens with one attached hydrogen (secondary N) is 8. The minimum Gasteiger partial charge on any atom is -0.354 e. The number of amides is 4. The zero-order valence-corrected chi connectivity index (χ0v) is 82.8. The smallest absolute Gasteiger partial charge is 0.354 e. The zero-order chi connectivity index (χ0) is 101. The van der Waals surface area contributed by atoms with E-state index in [4.69, 9.17) is 5.41 Å². The van der Waals surface area contributed by atoms with Crippen LogP contribution in [0, 0.1) is 82.9 Å². The minimum absolute atomic E-state index is 0.0133. The van der Waals surface area contributed by atoms with Gasteiger partial charge in [-0.2, -0.15) is 13.2 Å². The Morgan fingerprint density at radius 1 is 0.278 bits per heavy atom. The lowest BCUT2D eigenvalue weighted by Crippen LogP contribution is -2.42. The number of benzene rings is 14. The Labute approximate surface area is 837 Å². The highest BCUT2D eigenvalue weighted by Gasteiger charge is 2.39. The number of rotatable bonds is 32. The van der Waals surface area contributed by atoms with Gasteiger partial charge in [-0.25, -0.2) is 0 Å². The highest BCUT2D eigenvalue weighted by Crippen LogP contribution is 2.32. The molecule has 144 heavy (non-hydrogen) atoms. The number of carbonyl (C=O) groups excluding carboxylic acids is 4. The van der Waals surface area contributed by atoms with Gasteiger partial charge in [-0.05, 0) is 205 Å². The summed E-state index contributed by atoms with van der Waals surface area (Å²) in [5.74, 6) is -1.79. The fourth-order valence-electron chi connectivity index (χ4n) is 18.6. The molecule has 18 aromatic rings. The summed E-state index contributed by atoms with van der Waals surface area (Å²) >= 11 is 0. The number of carbonyl (C=O) groups is 4. The molecule has 4 atom stereocenters. The summed E-state index contributed by atoms with van der Waals surface area (Å²) in [5.41, 5.74) is 29.2. The molecule has 0 bridgehead atoms. The predicted molar refractivity (Wildman–Crippen MR) is 567 cm³/mol. The SMILES string of the molecule is Cc1ccc(CC(CNC(=O)C(F)(F)F)n2c(=N)n(Cc3ccc(C)cc3)c3ccccc32)cc1.Cc1ccc(CC(CNC(=O)C2CC2)n2c(=N)n(Cc3ccc(C)cc3)c3ccccc32)cc1.Cc1ccc(CC(CNC(=O)Cc2ccccc2)n2c(=N)n(Cc3ccc(C)cc3)c3ccccc32)cc1.Cc1ccc(CC(CNC(=O)c2ccccc2)n2c(=N)n(Cc3ccc(C)cc3)c3ccccc32)cc1. The van der Waals surface area contributed by atoms with Crippen LogP contribution >= 0.6 is 0 Å². The Morgan fingerprint density at radius 2 is 0.507 bits per heavy atom. The average molecular weight is 1920 g/mol. The molecule has 4 heterocycles. The lowest BCUT2D eigenvalue weighted by atomic mass is 10.0. The number of para-hydroxylation sites is 8. The largest absolute Gasteiger partial charge is 0.471 e. The Morgan fingerprint density at radius 3 is 0.771 bits per heavy atom. The lowest BCUT2D eigenvalue weighted by Gasteiger charge is -2.21. The summed E-state index contributed by atoms with van der Waals surface area (Å²) in [5, 5.41) is 48.2. The maximum absolute atomic E-state index is 12.9. The van der Waals surface area contributed by atoms with Crippen molar-refractivity contribution in [1.29, 1.82) is 21.6 Å². The van der Waals surface area contributed by atoms with Crippen LogP contribution in [0.5, 0.6) is 0 Å². The molecule has 4 amide bonds. The summed E-state index contributed by atoms with van der Waals surface area (Å²) in [6.07, 6.45) is -0.143. The molecule has 0 radical (unpaired) electrons. The summed E-state index contributed by atoms with van der Waals surface area (Å²) in [7, 11) is 0. The van der Waals surface area contributed by atoms with Crippen molar-refractivity contribution < 1.29 is 32.3 Å². The van der Waals surface area contributed by atoms with Crippen LogP contribution in [0.25, 0.3) is 44.1 Å². The van der Waals surface area contributed by atoms with Gasteiger partial charge in [0.1, 0.15) is 0 Å². The summed E-state index contributed by atoms with van der Waals surface area (Å²) < 4.78 is 54.8. The van der Waals surface area contributed by atoms with Gasteiger partial charge in [-0.1, -0.05) is 336 Å². The molecule has 0 saturated heterocycles. The highest BCUT2D eigenvalue weighted by molar-refractivity contribution is 5.94. The molecule has 0 spiro atoms. The molecule has 1 aliphatic rings. The van der Waals surface area contributed by atoms with Crippen LogP contribution in [0.2, 0.25) is 0 Å². The second-order valence-corrected chi connectivity index (χ2v) is 38.2. The number of imidazole rings is 4. The van der Waals surface area contributed by atoms with E-state index in [9.17, 15) is 48.6 Å². The molecule has 1 aliphatic carbocycles. The minimum atomic E-state index is -4.97. The molecule has 14 aromatic carbocycles. The number of alkyl halides is 3. The van der Waals surface area contributed by atoms with Gasteiger partial charge in [0.2, 0.25) is 34.3 Å². The Kier molecular flexibility index (Phi) is 32.5. The molecule has 19 rings (SSSR count). The van der Waals surface area contributed by atoms with Gasteiger partial charge in [0.25, 0.3) is 5.91 Å². The maximum atomic E-state index is 12.9. The van der Waals surface area contributed by atoms with Gasteiger partial charge in [0.15, 0.2) is 0 Å². The van der Waals surface area contributed by atoms with Crippen LogP contribution < -0.4 is 43.7 Å². The topological polar surface area (TPSA) is 251 Å². The van der Waals surface area contributed by atoms with E-state index < -0.39 is 18.1 Å². The van der Waals surface area contributed by atoms with Crippen molar-refractivity contribution in [2.75, 3.05) is 26.2 Å². The fourth-order valence-corrected chi connectivity index (χ4v) is 18.6. The summed E-state index contributed by atoms with van der Waals surface area (Å²) in [6.45, 7) is 19.9. The third-order valence-corrected chi connectivity index (χ3v) is 26.8. The number of hydrogen-bond acceptors (Lipinski definition) is 8. The third-order valence-electron chi connectivity index (χ3n) is 26.8. The van der Waals surface area contributed by atoms with Crippen molar-refractivity contribution in [3.8, 4) is 0 Å². The lowest BCUT2D eigenvalue weighted by molar-refractivity contribution is -0.173. The molecule has 20 nitrogen and oxygen atoms in total. The molecular weight excluding hydrogens is 1800 g/mol. The van der Waals surface area contributed by atoms with Crippen LogP contribution in [0.1, 0.15) is 142 Å². The second-order valence-electron chi connectivity index (χ2n) is 38.2. The maximum Gasteiger partial charge on any atom is 0.471 e. The van der Waals surface area contributed by atoms with Gasteiger partial charge in [0.05, 0.1) is 101 Å². The summed E-state index contributed by atoms with van der Waals surface area (Å²) in [6, 6.07) is 117. The first-order valence-electron chi connectivity index (χ1n) is 49.3. The Balaban J connectivity index is 0.000000138. The van der Waals surface area contributed by atoms with Crippen molar-refractivity contribution in [2.24, 2.45) is 5.92 Å². The van der Waals surface area contributed by atoms with Crippen LogP contribution in [0.4, 0.5) is 13.2 Å². The number of fused-ring (bicyclic) bond motifs is 4. The number of nitrogens with zero attached hydrogens (tertiary/aromatic N) is 8. The highest BCUT2D eigenvalue weighted by atomic mass is 19.4. The van der Waals surface area contributed by atoms with Crippen molar-refractivity contribution in [3.63, 3.8) is 0 Å². The van der Waals surface area contributed by atoms with Crippen LogP contribution in [0.3, 0.4) is 0 Å². The molecule has 734 valence electrons. The quantitative estimate of drug-likeness (QED) is 0.0205. The van der Waals surface area contributed by atoms with Crippen molar-refractivity contribution in [1.82, 2.24) is 57.8 Å². The Bertz CT molecular complexity index is 7720. The first kappa shape index (κ1) is 101. The monoisotopic (exact) mass is 1920 g/mol. The average Bonchev–Trinajstić information content (AvgIpc) is 1.63. The van der Waals surface area contributed by atoms with E-state index in [1.807, 2.05) is 194 Å². The van der Waals surface area contributed by atoms with E-state index in [-0.39, 0.29) is 53.9 Å². The van der Waals surface area contributed by atoms with Crippen molar-refractivity contribution >= 4 is 67.8 Å². The standard InChI is InChI=1S/C33H34N4O.C32H32N4O.C29H32N4O.C27H27F3N4O/c1-24-12-16-27(17-13-24)20-29(22-35-32(38)21-26-8-4-3-5-9-26)37-31-11-7-6-10-30(31)36(33(37)34)23-28-18-14-25(2)15-19-28;1-23-12-16-25(17-13-23)20-28(21-34-31(37)27-8-4-3-5-9-27)36-30-11-7-6-10-29(30)35(32(36)33)22-26-18-14-24(2)15-19-26;1-20-7-11-22(12-8-20)17-25(18-31-28(34)24-15-16-24)33-27-6-4-3-5-26(27)32(29(33)30)19-23-13-9-21(2)10-14-23;1-18-7-11-20(12-8-18)15-22(16-32-25(35)27(28,29)30)34-24-6-4-3-5-23(24)33(26(34)31)17-21-13-9-19(2)10-14-21/h3-19,29,34H,20-23H2,1-2H3,(H,35,38);3-19,28,33H,20-22H2,1-2H3,(H,34,37);3-14,24-25,30H,15-19H2,1-2H3,(H,31,34);3-14,22,31H,15-17H2,1-2H3,(H,32,35). The van der Waals surface area contributed by atoms with Crippen LogP contribution in [-0.2, 0) is 72.7 Å². The molecular formula is C121H125F3N16O4. The number of hydrogen-bond donors (Lipinski definition) is 8. The number of aryl methyl sites for hydroxylation is 8. The van der Waals surface area contributed by atoms with Gasteiger partial charge < -0.3 is 57.8 Å². The first-order chi connectivity index (χ1) is 69.6. The molecule has 23 heteroatoms. The van der Waals surface area contributed by atoms with Gasteiger partial charge in [0, 0.05) is 37.7 Å². The zero-order valence-electron chi connectivity index (χ0n) is 82.8. The van der Waals surface area contributed by atoms with Gasteiger partial charge in [-0.15, -0.1) is 0 Å². The number of aromatic nitrogens is 8. The molecule has 0 aliphatic heterocycles. The molecule has 8 N–H and O–H groups in total. The van der Waals surface area contributed by atoms with E-state index in [1.54, 1.807) is 4.57 Å². The first-order valence-corrected chi connectivity index (χ1v) is 49.3. The van der Waals surface area contributed by atoms with E-state index in [0.29, 0.717) is 93.9 Å². The third kappa shape index (κ3) is 25.6. The molecule has 4 aromatic heterocycles. The molecule has 1 fully saturated rings. The van der Waals surface area contributed by atoms with E-state index >= 15 is 0 Å². The van der Waals surface area contributed by atoms with Crippen molar-refractivity contribution in [3.05, 3.63) is 474 Å².